The molecule has 0 spiro atoms. The van der Waals surface area contributed by atoms with Gasteiger partial charge in [0, 0.05) is 0 Å². The van der Waals surface area contributed by atoms with Gasteiger partial charge in [-0.3, -0.25) is 0 Å². The van der Waals surface area contributed by atoms with E-state index in [0.717, 1.165) is 0 Å². The van der Waals surface area contributed by atoms with Gasteiger partial charge in [-0.15, -0.1) is 0 Å². The average Bonchev–Trinajstić information content (AvgIpc) is 1.20. The Hall–Kier alpha value is 0.601. The van der Waals surface area contributed by atoms with Gasteiger partial charge < -0.3 is 0 Å². The zero-order valence-electron chi connectivity index (χ0n) is 3.34. The molecule has 0 aromatic carbocycles. The first kappa shape index (κ1) is 6.72. The van der Waals surface area contributed by atoms with Crippen molar-refractivity contribution in [2.24, 2.45) is 0 Å². The van der Waals surface area contributed by atoms with Crippen molar-refractivity contribution < 1.29 is 52.2 Å². The fraction of sp³-hybridized carbons (Fsp3) is 0. The standard InChI is InChI=1S/6O.2Ta. The second-order valence-corrected chi connectivity index (χ2v) is 18.3. The van der Waals surface area contributed by atoms with Gasteiger partial charge in [-0.25, -0.2) is 0 Å². The van der Waals surface area contributed by atoms with Gasteiger partial charge in [0.05, 0.1) is 0 Å². The van der Waals surface area contributed by atoms with Crippen LogP contribution in [-0.4, -0.2) is 0 Å². The Morgan fingerprint density at radius 3 is 1.00 bits per heavy atom. The molecule has 0 radical (unpaired) electrons. The van der Waals surface area contributed by atoms with Gasteiger partial charge in [-0.05, 0) is 0 Å². The fourth-order valence-corrected chi connectivity index (χ4v) is 16.8. The molecular weight excluding hydrogens is 458 g/mol. The van der Waals surface area contributed by atoms with Crippen LogP contribution >= 0.6 is 0 Å². The molecule has 0 saturated carbocycles. The van der Waals surface area contributed by atoms with Crippen LogP contribution in [0.1, 0.15) is 0 Å². The van der Waals surface area contributed by atoms with E-state index in [4.69, 9.17) is 0 Å². The summed E-state index contributed by atoms with van der Waals surface area (Å²) in [6.45, 7) is 0. The normalized spacial score (nSPS) is 31.0. The van der Waals surface area contributed by atoms with Crippen molar-refractivity contribution in [3.8, 4) is 0 Å². The topological polar surface area (TPSA) is 86.7 Å². The van der Waals surface area contributed by atoms with E-state index in [2.05, 4.69) is 3.51 Å². The molecule has 1 aliphatic rings. The molecule has 0 amide bonds. The Morgan fingerprint density at radius 1 is 0.750 bits per heavy atom. The summed E-state index contributed by atoms with van der Waals surface area (Å²) in [5, 5.41) is 0. The van der Waals surface area contributed by atoms with Crippen molar-refractivity contribution in [1.82, 2.24) is 0 Å². The van der Waals surface area contributed by atoms with E-state index < -0.39 is 35.7 Å². The summed E-state index contributed by atoms with van der Waals surface area (Å²) in [6, 6.07) is 0. The van der Waals surface area contributed by atoms with E-state index in [1.54, 1.807) is 0 Å². The van der Waals surface area contributed by atoms with Crippen LogP contribution in [0.3, 0.4) is 0 Å². The van der Waals surface area contributed by atoms with Crippen LogP contribution in [0.2, 0.25) is 0 Å². The Labute approximate surface area is 52.1 Å². The summed E-state index contributed by atoms with van der Waals surface area (Å²) in [6.07, 6.45) is 0. The molecule has 8 heteroatoms. The summed E-state index contributed by atoms with van der Waals surface area (Å²) in [7, 11) is 0. The van der Waals surface area contributed by atoms with E-state index in [1.165, 1.54) is 0 Å². The molecule has 1 rings (SSSR count). The zero-order valence-corrected chi connectivity index (χ0v) is 9.77. The molecule has 46 valence electrons. The van der Waals surface area contributed by atoms with E-state index in [0.29, 0.717) is 0 Å². The maximum atomic E-state index is 9.84. The molecule has 0 N–H and O–H groups in total. The average molecular weight is 458 g/mol. The van der Waals surface area contributed by atoms with Gasteiger partial charge in [0.2, 0.25) is 0 Å². The Bertz CT molecular complexity index is 226. The fourth-order valence-electron chi connectivity index (χ4n) is 0.251. The molecule has 6 nitrogen and oxygen atoms in total. The van der Waals surface area contributed by atoms with Crippen LogP contribution in [0.15, 0.2) is 0 Å². The molecule has 0 atom stereocenters. The predicted octanol–water partition coefficient (Wildman–Crippen LogP) is -0.617. The van der Waals surface area contributed by atoms with Crippen LogP contribution in [0, 0.1) is 0 Å². The summed E-state index contributed by atoms with van der Waals surface area (Å²) < 4.78 is 46.4. The van der Waals surface area contributed by atoms with E-state index in [1.807, 2.05) is 0 Å². The SMILES string of the molecule is [O]=[Ta]1(=[O])[O][Ta](=[O])(=[O])[O]1. The van der Waals surface area contributed by atoms with E-state index in [-0.39, 0.29) is 0 Å². The van der Waals surface area contributed by atoms with Gasteiger partial charge in [0.1, 0.15) is 0 Å². The van der Waals surface area contributed by atoms with Gasteiger partial charge >= 0.3 is 52.2 Å². The summed E-state index contributed by atoms with van der Waals surface area (Å²) in [4.78, 5) is 0. The molecule has 1 heterocycles. The van der Waals surface area contributed by atoms with Crippen molar-refractivity contribution in [3.05, 3.63) is 0 Å². The first-order chi connectivity index (χ1) is 3.41. The molecule has 1 saturated heterocycles. The van der Waals surface area contributed by atoms with Crippen LogP contribution in [0.25, 0.3) is 0 Å². The van der Waals surface area contributed by atoms with Gasteiger partial charge in [0.15, 0.2) is 0 Å². The van der Waals surface area contributed by atoms with Crippen LogP contribution in [0.5, 0.6) is 0 Å². The predicted molar refractivity (Wildman–Crippen MR) is 4.92 cm³/mol. The van der Waals surface area contributed by atoms with E-state index >= 15 is 0 Å². The van der Waals surface area contributed by atoms with Crippen LogP contribution in [0.4, 0.5) is 0 Å². The summed E-state index contributed by atoms with van der Waals surface area (Å²) >= 11 is -10.6. The summed E-state index contributed by atoms with van der Waals surface area (Å²) in [5.74, 6) is 0. The molecule has 0 bridgehead atoms. The Morgan fingerprint density at radius 2 is 1.00 bits per heavy atom. The molecule has 1 aliphatic heterocycles. The Balaban J connectivity index is 3.00. The maximum absolute atomic E-state index is 9.84. The third-order valence-electron chi connectivity index (χ3n) is 0.400. The van der Waals surface area contributed by atoms with Gasteiger partial charge in [-0.1, -0.05) is 0 Å². The molecule has 0 unspecified atom stereocenters. The first-order valence-corrected chi connectivity index (χ1v) is 12.0. The number of hydrogen-bond donors (Lipinski definition) is 0. The van der Waals surface area contributed by atoms with E-state index in [9.17, 15) is 13.0 Å². The van der Waals surface area contributed by atoms with Crippen molar-refractivity contribution >= 4 is 0 Å². The van der Waals surface area contributed by atoms with Gasteiger partial charge in [0.25, 0.3) is 0 Å². The Kier molecular flexibility index (Phi) is 1.30. The molecular formula is O6Ta2. The van der Waals surface area contributed by atoms with Crippen LogP contribution in [-0.2, 0) is 52.2 Å². The molecule has 0 aliphatic carbocycles. The zero-order chi connectivity index (χ0) is 6.41. The quantitative estimate of drug-likeness (QED) is 0.482. The minimum atomic E-state index is -5.30. The molecule has 0 aromatic rings. The third-order valence-corrected chi connectivity index (χ3v) is 26.8. The molecule has 8 heavy (non-hydrogen) atoms. The third kappa shape index (κ3) is 1.30. The minimum absolute atomic E-state index is 3.50. The van der Waals surface area contributed by atoms with Crippen molar-refractivity contribution in [2.45, 2.75) is 0 Å². The van der Waals surface area contributed by atoms with Gasteiger partial charge in [-0.2, -0.15) is 0 Å². The molecule has 1 fully saturated rings. The number of rotatable bonds is 0. The second-order valence-electron chi connectivity index (χ2n) is 1.06. The number of hydrogen-bond acceptors (Lipinski definition) is 6. The van der Waals surface area contributed by atoms with Crippen molar-refractivity contribution in [2.75, 3.05) is 0 Å². The van der Waals surface area contributed by atoms with Crippen molar-refractivity contribution in [1.29, 1.82) is 0 Å². The monoisotopic (exact) mass is 458 g/mol. The molecule has 0 aromatic heterocycles. The first-order valence-electron chi connectivity index (χ1n) is 1.46. The second kappa shape index (κ2) is 1.55. The summed E-state index contributed by atoms with van der Waals surface area (Å²) in [5.41, 5.74) is 0. The van der Waals surface area contributed by atoms with Crippen molar-refractivity contribution in [3.63, 3.8) is 0 Å². The van der Waals surface area contributed by atoms with Crippen LogP contribution < -0.4 is 0 Å².